The smallest absolute Gasteiger partial charge is 0.0743 e. The van der Waals surface area contributed by atoms with Crippen LogP contribution >= 0.6 is 0 Å². The van der Waals surface area contributed by atoms with Crippen LogP contribution in [0.25, 0.3) is 0 Å². The molecular weight excluding hydrogens is 268 g/mol. The highest BCUT2D eigenvalue weighted by molar-refractivity contribution is 4.89. The van der Waals surface area contributed by atoms with Crippen molar-refractivity contribution in [1.29, 1.82) is 0 Å². The van der Waals surface area contributed by atoms with Gasteiger partial charge in [-0.1, -0.05) is 90.0 Å². The van der Waals surface area contributed by atoms with Crippen molar-refractivity contribution in [2.45, 2.75) is 104 Å². The van der Waals surface area contributed by atoms with Crippen molar-refractivity contribution in [3.05, 3.63) is 24.3 Å². The Morgan fingerprint density at radius 3 is 1.64 bits per heavy atom. The van der Waals surface area contributed by atoms with E-state index >= 15 is 0 Å². The van der Waals surface area contributed by atoms with E-state index in [1.165, 1.54) is 70.6 Å². The molecule has 1 heteroatoms. The molecule has 130 valence electrons. The van der Waals surface area contributed by atoms with E-state index in [0.717, 1.165) is 6.42 Å². The van der Waals surface area contributed by atoms with E-state index in [9.17, 15) is 5.11 Å². The first-order chi connectivity index (χ1) is 10.7. The second kappa shape index (κ2) is 16.8. The quantitative estimate of drug-likeness (QED) is 0.260. The van der Waals surface area contributed by atoms with Gasteiger partial charge < -0.3 is 5.11 Å². The molecule has 0 radical (unpaired) electrons. The number of aliphatic hydroxyl groups excluding tert-OH is 1. The molecule has 0 aliphatic rings. The fourth-order valence-electron chi connectivity index (χ4n) is 2.42. The lowest BCUT2D eigenvalue weighted by Crippen LogP contribution is -2.10. The molecule has 0 spiro atoms. The molecule has 1 N–H and O–H groups in total. The highest BCUT2D eigenvalue weighted by Gasteiger charge is 2.02. The van der Waals surface area contributed by atoms with Gasteiger partial charge in [0.1, 0.15) is 0 Å². The lowest BCUT2D eigenvalue weighted by atomic mass is 10.0. The Balaban J connectivity index is 3.19. The van der Waals surface area contributed by atoms with Crippen LogP contribution in [0.4, 0.5) is 0 Å². The molecule has 0 aliphatic heterocycles. The number of aliphatic hydroxyl groups is 1. The van der Waals surface area contributed by atoms with E-state index in [0.29, 0.717) is 5.92 Å². The van der Waals surface area contributed by atoms with Gasteiger partial charge in [-0.25, -0.2) is 0 Å². The summed E-state index contributed by atoms with van der Waals surface area (Å²) in [6.45, 7) is 6.35. The summed E-state index contributed by atoms with van der Waals surface area (Å²) in [5.41, 5.74) is 0. The molecule has 22 heavy (non-hydrogen) atoms. The van der Waals surface area contributed by atoms with Gasteiger partial charge in [0.25, 0.3) is 0 Å². The Labute approximate surface area is 139 Å². The van der Waals surface area contributed by atoms with Gasteiger partial charge in [-0.15, -0.1) is 0 Å². The van der Waals surface area contributed by atoms with Crippen LogP contribution in [0.15, 0.2) is 24.3 Å². The molecule has 0 aromatic heterocycles. The van der Waals surface area contributed by atoms with E-state index in [4.69, 9.17) is 0 Å². The molecular formula is C21H40O. The van der Waals surface area contributed by atoms with Gasteiger partial charge >= 0.3 is 0 Å². The lowest BCUT2D eigenvalue weighted by molar-refractivity contribution is 0.172. The zero-order chi connectivity index (χ0) is 16.5. The summed E-state index contributed by atoms with van der Waals surface area (Å²) in [6, 6.07) is 0. The van der Waals surface area contributed by atoms with E-state index in [1.54, 1.807) is 0 Å². The molecule has 0 aromatic rings. The SMILES string of the molecule is CCCC/C=C\CCCCCCCCC/C=C/C(O)C(C)C. The maximum absolute atomic E-state index is 9.64. The molecule has 1 unspecified atom stereocenters. The van der Waals surface area contributed by atoms with Gasteiger partial charge in [-0.2, -0.15) is 0 Å². The fraction of sp³-hybridized carbons (Fsp3) is 0.810. The Morgan fingerprint density at radius 2 is 1.14 bits per heavy atom. The highest BCUT2D eigenvalue weighted by atomic mass is 16.3. The normalized spacial score (nSPS) is 13.7. The zero-order valence-corrected chi connectivity index (χ0v) is 15.4. The molecule has 0 aromatic carbocycles. The third kappa shape index (κ3) is 15.8. The Morgan fingerprint density at radius 1 is 0.682 bits per heavy atom. The minimum atomic E-state index is -0.268. The van der Waals surface area contributed by atoms with Gasteiger partial charge in [-0.05, 0) is 38.0 Å². The van der Waals surface area contributed by atoms with E-state index in [1.807, 2.05) is 6.08 Å². The zero-order valence-electron chi connectivity index (χ0n) is 15.4. The van der Waals surface area contributed by atoms with Crippen molar-refractivity contribution in [2.75, 3.05) is 0 Å². The molecule has 0 amide bonds. The first kappa shape index (κ1) is 21.4. The lowest BCUT2D eigenvalue weighted by Gasteiger charge is -2.08. The molecule has 0 saturated heterocycles. The van der Waals surface area contributed by atoms with Crippen molar-refractivity contribution in [3.8, 4) is 0 Å². The minimum absolute atomic E-state index is 0.268. The summed E-state index contributed by atoms with van der Waals surface area (Å²) < 4.78 is 0. The summed E-state index contributed by atoms with van der Waals surface area (Å²) in [4.78, 5) is 0. The van der Waals surface area contributed by atoms with Crippen molar-refractivity contribution in [3.63, 3.8) is 0 Å². The second-order valence-corrected chi connectivity index (χ2v) is 6.83. The van der Waals surface area contributed by atoms with E-state index in [2.05, 4.69) is 39.0 Å². The monoisotopic (exact) mass is 308 g/mol. The predicted octanol–water partition coefficient (Wildman–Crippen LogP) is 6.82. The topological polar surface area (TPSA) is 20.2 Å². The van der Waals surface area contributed by atoms with Crippen LogP contribution in [-0.4, -0.2) is 11.2 Å². The maximum atomic E-state index is 9.64. The number of rotatable bonds is 15. The van der Waals surface area contributed by atoms with Crippen molar-refractivity contribution in [1.82, 2.24) is 0 Å². The third-order valence-electron chi connectivity index (χ3n) is 4.15. The van der Waals surface area contributed by atoms with Crippen LogP contribution in [-0.2, 0) is 0 Å². The number of hydrogen-bond donors (Lipinski definition) is 1. The first-order valence-electron chi connectivity index (χ1n) is 9.68. The van der Waals surface area contributed by atoms with Gasteiger partial charge in [0.2, 0.25) is 0 Å². The number of hydrogen-bond acceptors (Lipinski definition) is 1. The second-order valence-electron chi connectivity index (χ2n) is 6.83. The molecule has 0 saturated carbocycles. The van der Waals surface area contributed by atoms with Gasteiger partial charge in [0.05, 0.1) is 6.10 Å². The maximum Gasteiger partial charge on any atom is 0.0743 e. The summed E-state index contributed by atoms with van der Waals surface area (Å²) in [6.07, 6.45) is 24.3. The Hall–Kier alpha value is -0.560. The summed E-state index contributed by atoms with van der Waals surface area (Å²) in [5.74, 6) is 0.331. The summed E-state index contributed by atoms with van der Waals surface area (Å²) in [7, 11) is 0. The average molecular weight is 309 g/mol. The van der Waals surface area contributed by atoms with Crippen LogP contribution in [0.5, 0.6) is 0 Å². The molecule has 1 atom stereocenters. The number of allylic oxidation sites excluding steroid dienone is 3. The van der Waals surface area contributed by atoms with Gasteiger partial charge in [0, 0.05) is 0 Å². The van der Waals surface area contributed by atoms with E-state index in [-0.39, 0.29) is 6.10 Å². The first-order valence-corrected chi connectivity index (χ1v) is 9.68. The van der Waals surface area contributed by atoms with Gasteiger partial charge in [0.15, 0.2) is 0 Å². The van der Waals surface area contributed by atoms with E-state index < -0.39 is 0 Å². The molecule has 0 bridgehead atoms. The van der Waals surface area contributed by atoms with Crippen LogP contribution < -0.4 is 0 Å². The minimum Gasteiger partial charge on any atom is -0.389 e. The standard InChI is InChI=1S/C21H40O/c1-4-5-6-7-8-9-10-11-12-13-14-15-16-17-18-19-21(22)20(2)3/h7-8,18-22H,4-6,9-17H2,1-3H3/b8-7-,19-18+. The number of unbranched alkanes of at least 4 members (excludes halogenated alkanes) is 10. The average Bonchev–Trinajstić information content (AvgIpc) is 2.50. The van der Waals surface area contributed by atoms with Crippen LogP contribution in [0, 0.1) is 5.92 Å². The third-order valence-corrected chi connectivity index (χ3v) is 4.15. The molecule has 0 fully saturated rings. The van der Waals surface area contributed by atoms with Crippen molar-refractivity contribution < 1.29 is 5.11 Å². The summed E-state index contributed by atoms with van der Waals surface area (Å²) >= 11 is 0. The Kier molecular flexibility index (Phi) is 16.4. The predicted molar refractivity (Wildman–Crippen MR) is 100 cm³/mol. The highest BCUT2D eigenvalue weighted by Crippen LogP contribution is 2.11. The summed E-state index contributed by atoms with van der Waals surface area (Å²) in [5, 5.41) is 9.64. The van der Waals surface area contributed by atoms with Crippen molar-refractivity contribution in [2.24, 2.45) is 5.92 Å². The molecule has 0 aliphatic carbocycles. The van der Waals surface area contributed by atoms with Crippen LogP contribution in [0.3, 0.4) is 0 Å². The van der Waals surface area contributed by atoms with Crippen molar-refractivity contribution >= 4 is 0 Å². The largest absolute Gasteiger partial charge is 0.389 e. The van der Waals surface area contributed by atoms with Crippen LogP contribution in [0.2, 0.25) is 0 Å². The molecule has 1 nitrogen and oxygen atoms in total. The molecule has 0 rings (SSSR count). The Bertz CT molecular complexity index is 265. The van der Waals surface area contributed by atoms with Crippen LogP contribution in [0.1, 0.15) is 97.8 Å². The van der Waals surface area contributed by atoms with Gasteiger partial charge in [-0.3, -0.25) is 0 Å². The molecule has 0 heterocycles. The fourth-order valence-corrected chi connectivity index (χ4v) is 2.42.